The van der Waals surface area contributed by atoms with Crippen LogP contribution >= 0.6 is 23.2 Å². The van der Waals surface area contributed by atoms with Gasteiger partial charge < -0.3 is 4.90 Å². The van der Waals surface area contributed by atoms with Crippen LogP contribution in [0.4, 0.5) is 4.39 Å². The van der Waals surface area contributed by atoms with E-state index < -0.39 is 15.8 Å². The predicted octanol–water partition coefficient (Wildman–Crippen LogP) is 3.10. The first-order valence-electron chi connectivity index (χ1n) is 9.33. The Hall–Kier alpha value is -1.71. The van der Waals surface area contributed by atoms with Gasteiger partial charge in [0.1, 0.15) is 5.82 Å². The number of sulfonamides is 1. The first-order chi connectivity index (χ1) is 14.2. The second-order valence-corrected chi connectivity index (χ2v) is 9.93. The third kappa shape index (κ3) is 5.50. The number of benzene rings is 2. The van der Waals surface area contributed by atoms with Gasteiger partial charge in [-0.3, -0.25) is 9.69 Å². The summed E-state index contributed by atoms with van der Waals surface area (Å²) in [6, 6.07) is 9.97. The van der Waals surface area contributed by atoms with Crippen LogP contribution in [0.2, 0.25) is 10.0 Å². The molecule has 2 aromatic rings. The Bertz CT molecular complexity index is 1010. The van der Waals surface area contributed by atoms with Gasteiger partial charge in [-0.25, -0.2) is 12.8 Å². The Morgan fingerprint density at radius 2 is 1.70 bits per heavy atom. The highest BCUT2D eigenvalue weighted by molar-refractivity contribution is 7.89. The SMILES string of the molecule is CN(CC(=O)N1CCN(S(=O)(=O)c2ccc(F)cc2)CC1)Cc1ccc(Cl)cc1Cl. The van der Waals surface area contributed by atoms with Crippen molar-refractivity contribution in [1.82, 2.24) is 14.1 Å². The molecular weight excluding hydrogens is 452 g/mol. The van der Waals surface area contributed by atoms with Crippen LogP contribution in [-0.4, -0.2) is 68.2 Å². The molecule has 0 aromatic heterocycles. The first kappa shape index (κ1) is 23.0. The monoisotopic (exact) mass is 473 g/mol. The summed E-state index contributed by atoms with van der Waals surface area (Å²) < 4.78 is 39.8. The van der Waals surface area contributed by atoms with Crippen LogP contribution in [0.15, 0.2) is 47.4 Å². The number of rotatable bonds is 6. The third-order valence-electron chi connectivity index (χ3n) is 4.90. The highest BCUT2D eigenvalue weighted by atomic mass is 35.5. The molecule has 0 bridgehead atoms. The van der Waals surface area contributed by atoms with Gasteiger partial charge >= 0.3 is 0 Å². The molecular formula is C20H22Cl2FN3O3S. The fourth-order valence-electron chi connectivity index (χ4n) is 3.26. The molecule has 0 aliphatic carbocycles. The van der Waals surface area contributed by atoms with Gasteiger partial charge in [0.15, 0.2) is 0 Å². The second-order valence-electron chi connectivity index (χ2n) is 7.15. The maximum atomic E-state index is 13.1. The number of carbonyl (C=O) groups is 1. The van der Waals surface area contributed by atoms with Crippen molar-refractivity contribution in [3.05, 3.63) is 63.9 Å². The molecule has 0 N–H and O–H groups in total. The van der Waals surface area contributed by atoms with E-state index in [2.05, 4.69) is 0 Å². The van der Waals surface area contributed by atoms with Crippen molar-refractivity contribution < 1.29 is 17.6 Å². The summed E-state index contributed by atoms with van der Waals surface area (Å²) in [4.78, 5) is 16.2. The van der Waals surface area contributed by atoms with Crippen LogP contribution in [0, 0.1) is 5.82 Å². The summed E-state index contributed by atoms with van der Waals surface area (Å²) in [7, 11) is -1.89. The molecule has 30 heavy (non-hydrogen) atoms. The molecule has 0 unspecified atom stereocenters. The normalized spacial score (nSPS) is 15.6. The number of piperazine rings is 1. The van der Waals surface area contributed by atoms with Crippen LogP contribution in [0.5, 0.6) is 0 Å². The largest absolute Gasteiger partial charge is 0.339 e. The molecule has 10 heteroatoms. The minimum Gasteiger partial charge on any atom is -0.339 e. The minimum absolute atomic E-state index is 0.0447. The molecule has 1 saturated heterocycles. The van der Waals surface area contributed by atoms with E-state index in [1.54, 1.807) is 17.0 Å². The molecule has 1 fully saturated rings. The van der Waals surface area contributed by atoms with Crippen molar-refractivity contribution in [3.8, 4) is 0 Å². The molecule has 1 aliphatic rings. The minimum atomic E-state index is -3.71. The lowest BCUT2D eigenvalue weighted by molar-refractivity contribution is -0.133. The van der Waals surface area contributed by atoms with Gasteiger partial charge in [-0.05, 0) is 49.0 Å². The van der Waals surface area contributed by atoms with E-state index in [4.69, 9.17) is 23.2 Å². The topological polar surface area (TPSA) is 60.9 Å². The lowest BCUT2D eigenvalue weighted by atomic mass is 10.2. The molecule has 3 rings (SSSR count). The molecule has 0 spiro atoms. The number of likely N-dealkylation sites (N-methyl/N-ethyl adjacent to an activating group) is 1. The average Bonchev–Trinajstić information content (AvgIpc) is 2.70. The molecule has 0 saturated carbocycles. The molecule has 1 heterocycles. The summed E-state index contributed by atoms with van der Waals surface area (Å²) in [5.41, 5.74) is 0.867. The standard InChI is InChI=1S/C20H22Cl2FN3O3S/c1-24(13-15-2-3-16(21)12-19(15)22)14-20(27)25-8-10-26(11-9-25)30(28,29)18-6-4-17(23)5-7-18/h2-7,12H,8-11,13-14H2,1H3. The number of hydrogen-bond donors (Lipinski definition) is 0. The van der Waals surface area contributed by atoms with Crippen molar-refractivity contribution in [2.24, 2.45) is 0 Å². The average molecular weight is 474 g/mol. The van der Waals surface area contributed by atoms with Crippen LogP contribution in [-0.2, 0) is 21.4 Å². The maximum absolute atomic E-state index is 13.1. The zero-order valence-electron chi connectivity index (χ0n) is 16.4. The highest BCUT2D eigenvalue weighted by Gasteiger charge is 2.30. The van der Waals surface area contributed by atoms with E-state index >= 15 is 0 Å². The van der Waals surface area contributed by atoms with E-state index in [-0.39, 0.29) is 30.4 Å². The lowest BCUT2D eigenvalue weighted by Crippen LogP contribution is -2.52. The molecule has 162 valence electrons. The number of hydrogen-bond acceptors (Lipinski definition) is 4. The summed E-state index contributed by atoms with van der Waals surface area (Å²) >= 11 is 12.1. The third-order valence-corrected chi connectivity index (χ3v) is 7.40. The van der Waals surface area contributed by atoms with Crippen molar-refractivity contribution in [2.75, 3.05) is 39.8 Å². The van der Waals surface area contributed by atoms with Gasteiger partial charge in [-0.15, -0.1) is 0 Å². The smallest absolute Gasteiger partial charge is 0.243 e. The van der Waals surface area contributed by atoms with Crippen LogP contribution < -0.4 is 0 Å². The van der Waals surface area contributed by atoms with Crippen molar-refractivity contribution in [1.29, 1.82) is 0 Å². The summed E-state index contributed by atoms with van der Waals surface area (Å²) in [6.07, 6.45) is 0. The van der Waals surface area contributed by atoms with Crippen LogP contribution in [0.25, 0.3) is 0 Å². The Balaban J connectivity index is 1.54. The van der Waals surface area contributed by atoms with Gasteiger partial charge in [0, 0.05) is 42.8 Å². The number of halogens is 3. The fraction of sp³-hybridized carbons (Fsp3) is 0.350. The van der Waals surface area contributed by atoms with Gasteiger partial charge in [0.2, 0.25) is 15.9 Å². The Morgan fingerprint density at radius 3 is 2.30 bits per heavy atom. The molecule has 6 nitrogen and oxygen atoms in total. The van der Waals surface area contributed by atoms with Gasteiger partial charge in [-0.2, -0.15) is 4.31 Å². The van der Waals surface area contributed by atoms with E-state index in [1.807, 2.05) is 18.0 Å². The Kier molecular flexibility index (Phi) is 7.36. The van der Waals surface area contributed by atoms with Crippen LogP contribution in [0.3, 0.4) is 0 Å². The van der Waals surface area contributed by atoms with Gasteiger partial charge in [-0.1, -0.05) is 29.3 Å². The Morgan fingerprint density at radius 1 is 1.07 bits per heavy atom. The van der Waals surface area contributed by atoms with E-state index in [9.17, 15) is 17.6 Å². The molecule has 0 radical (unpaired) electrons. The molecule has 0 atom stereocenters. The van der Waals surface area contributed by atoms with E-state index in [1.165, 1.54) is 16.4 Å². The Labute approximate surface area is 185 Å². The van der Waals surface area contributed by atoms with Crippen LogP contribution in [0.1, 0.15) is 5.56 Å². The summed E-state index contributed by atoms with van der Waals surface area (Å²) in [6.45, 7) is 1.66. The zero-order chi connectivity index (χ0) is 21.9. The predicted molar refractivity (Wildman–Crippen MR) is 115 cm³/mol. The lowest BCUT2D eigenvalue weighted by Gasteiger charge is -2.34. The second kappa shape index (κ2) is 9.62. The highest BCUT2D eigenvalue weighted by Crippen LogP contribution is 2.22. The molecule has 1 amide bonds. The van der Waals surface area contributed by atoms with Crippen molar-refractivity contribution >= 4 is 39.1 Å². The molecule has 2 aromatic carbocycles. The number of amides is 1. The quantitative estimate of drug-likeness (QED) is 0.646. The number of carbonyl (C=O) groups excluding carboxylic acids is 1. The van der Waals surface area contributed by atoms with E-state index in [0.717, 1.165) is 17.7 Å². The van der Waals surface area contributed by atoms with Gasteiger partial charge in [0.05, 0.1) is 11.4 Å². The number of nitrogens with zero attached hydrogens (tertiary/aromatic N) is 3. The van der Waals surface area contributed by atoms with Crippen molar-refractivity contribution in [3.63, 3.8) is 0 Å². The van der Waals surface area contributed by atoms with E-state index in [0.29, 0.717) is 29.7 Å². The summed E-state index contributed by atoms with van der Waals surface area (Å²) in [5, 5.41) is 1.09. The van der Waals surface area contributed by atoms with Crippen molar-refractivity contribution in [2.45, 2.75) is 11.4 Å². The zero-order valence-corrected chi connectivity index (χ0v) is 18.7. The fourth-order valence-corrected chi connectivity index (χ4v) is 5.15. The molecule has 1 aliphatic heterocycles. The maximum Gasteiger partial charge on any atom is 0.243 e. The summed E-state index contributed by atoms with van der Waals surface area (Å²) in [5.74, 6) is -0.574. The first-order valence-corrected chi connectivity index (χ1v) is 11.5. The van der Waals surface area contributed by atoms with Gasteiger partial charge in [0.25, 0.3) is 0 Å².